The smallest absolute Gasteiger partial charge is 0.317 e. The Morgan fingerprint density at radius 3 is 2.57 bits per heavy atom. The van der Waals surface area contributed by atoms with E-state index < -0.39 is 0 Å². The SMILES string of the molecule is C[C@@H]1CCCC[C@H]1CNC(=O)N(C)CCCN1CCN(C)CC1. The molecule has 0 bridgehead atoms. The minimum atomic E-state index is 0.0983. The van der Waals surface area contributed by atoms with Crippen molar-refractivity contribution < 1.29 is 4.79 Å². The molecule has 5 nitrogen and oxygen atoms in total. The van der Waals surface area contributed by atoms with Crippen LogP contribution >= 0.6 is 0 Å². The van der Waals surface area contributed by atoms with Gasteiger partial charge in [0.05, 0.1) is 0 Å². The van der Waals surface area contributed by atoms with Gasteiger partial charge in [-0.15, -0.1) is 0 Å². The van der Waals surface area contributed by atoms with Crippen molar-refractivity contribution in [3.05, 3.63) is 0 Å². The second-order valence-corrected chi connectivity index (χ2v) is 7.63. The van der Waals surface area contributed by atoms with Crippen molar-refractivity contribution in [1.82, 2.24) is 20.0 Å². The van der Waals surface area contributed by atoms with Gasteiger partial charge in [0, 0.05) is 46.3 Å². The lowest BCUT2D eigenvalue weighted by Crippen LogP contribution is -2.46. The Labute approximate surface area is 142 Å². The maximum atomic E-state index is 12.2. The molecule has 0 radical (unpaired) electrons. The molecule has 1 heterocycles. The second-order valence-electron chi connectivity index (χ2n) is 7.63. The van der Waals surface area contributed by atoms with Crippen molar-refractivity contribution >= 4 is 6.03 Å². The zero-order valence-electron chi connectivity index (χ0n) is 15.4. The van der Waals surface area contributed by atoms with Crippen LogP contribution in [0, 0.1) is 11.8 Å². The number of amides is 2. The van der Waals surface area contributed by atoms with Crippen LogP contribution in [0.5, 0.6) is 0 Å². The lowest BCUT2D eigenvalue weighted by atomic mass is 9.80. The van der Waals surface area contributed by atoms with Crippen LogP contribution in [0.2, 0.25) is 0 Å². The van der Waals surface area contributed by atoms with Crippen molar-refractivity contribution in [2.45, 2.75) is 39.0 Å². The summed E-state index contributed by atoms with van der Waals surface area (Å²) >= 11 is 0. The number of nitrogens with zero attached hydrogens (tertiary/aromatic N) is 3. The van der Waals surface area contributed by atoms with Gasteiger partial charge in [-0.3, -0.25) is 0 Å². The van der Waals surface area contributed by atoms with Gasteiger partial charge in [-0.2, -0.15) is 0 Å². The second kappa shape index (κ2) is 9.48. The van der Waals surface area contributed by atoms with Crippen LogP contribution in [-0.2, 0) is 0 Å². The number of nitrogens with one attached hydrogen (secondary N) is 1. The Kier molecular flexibility index (Phi) is 7.63. The standard InChI is InChI=1S/C18H36N4O/c1-16-7-4-5-8-17(16)15-19-18(23)21(3)9-6-10-22-13-11-20(2)12-14-22/h16-17H,4-15H2,1-3H3,(H,19,23)/t16-,17+/m1/s1. The van der Waals surface area contributed by atoms with E-state index in [0.29, 0.717) is 5.92 Å². The minimum absolute atomic E-state index is 0.0983. The van der Waals surface area contributed by atoms with Crippen LogP contribution in [0.4, 0.5) is 4.79 Å². The van der Waals surface area contributed by atoms with Crippen LogP contribution < -0.4 is 5.32 Å². The molecule has 0 aromatic rings. The van der Waals surface area contributed by atoms with Crippen LogP contribution in [0.15, 0.2) is 0 Å². The molecule has 1 aliphatic heterocycles. The summed E-state index contributed by atoms with van der Waals surface area (Å²) in [5.74, 6) is 1.43. The third kappa shape index (κ3) is 6.30. The Balaban J connectivity index is 1.57. The van der Waals surface area contributed by atoms with Crippen LogP contribution in [0.25, 0.3) is 0 Å². The van der Waals surface area contributed by atoms with E-state index in [-0.39, 0.29) is 6.03 Å². The number of carbonyl (C=O) groups excluding carboxylic acids is 1. The molecule has 1 aliphatic carbocycles. The number of hydrogen-bond acceptors (Lipinski definition) is 3. The summed E-state index contributed by atoms with van der Waals surface area (Å²) in [4.78, 5) is 18.9. The first kappa shape index (κ1) is 18.5. The molecule has 0 spiro atoms. The quantitative estimate of drug-likeness (QED) is 0.813. The monoisotopic (exact) mass is 324 g/mol. The molecule has 2 aliphatic rings. The molecule has 2 amide bonds. The van der Waals surface area contributed by atoms with Gasteiger partial charge < -0.3 is 20.0 Å². The van der Waals surface area contributed by atoms with Gasteiger partial charge in [0.1, 0.15) is 0 Å². The molecule has 2 atom stereocenters. The number of rotatable bonds is 6. The molecule has 1 N–H and O–H groups in total. The number of piperazine rings is 1. The predicted molar refractivity (Wildman–Crippen MR) is 95.7 cm³/mol. The molecule has 2 fully saturated rings. The minimum Gasteiger partial charge on any atom is -0.338 e. The van der Waals surface area contributed by atoms with Gasteiger partial charge in [0.15, 0.2) is 0 Å². The van der Waals surface area contributed by atoms with E-state index in [1.54, 1.807) is 0 Å². The highest BCUT2D eigenvalue weighted by molar-refractivity contribution is 5.73. The summed E-state index contributed by atoms with van der Waals surface area (Å²) in [6.45, 7) is 9.77. The molecule has 2 rings (SSSR count). The fourth-order valence-electron chi connectivity index (χ4n) is 3.75. The normalized spacial score (nSPS) is 26.9. The van der Waals surface area contributed by atoms with Gasteiger partial charge >= 0.3 is 6.03 Å². The van der Waals surface area contributed by atoms with Crippen molar-refractivity contribution in [3.63, 3.8) is 0 Å². The lowest BCUT2D eigenvalue weighted by molar-refractivity contribution is 0.148. The molecule has 1 saturated heterocycles. The molecule has 23 heavy (non-hydrogen) atoms. The van der Waals surface area contributed by atoms with Gasteiger partial charge in [-0.1, -0.05) is 26.2 Å². The molecule has 0 aromatic carbocycles. The number of urea groups is 1. The molecule has 0 unspecified atom stereocenters. The van der Waals surface area contributed by atoms with Gasteiger partial charge in [-0.25, -0.2) is 4.79 Å². The van der Waals surface area contributed by atoms with Gasteiger partial charge in [0.25, 0.3) is 0 Å². The van der Waals surface area contributed by atoms with Crippen LogP contribution in [-0.4, -0.2) is 80.6 Å². The first-order chi connectivity index (χ1) is 11.1. The Bertz CT molecular complexity index is 355. The van der Waals surface area contributed by atoms with Crippen molar-refractivity contribution in [2.24, 2.45) is 11.8 Å². The summed E-state index contributed by atoms with van der Waals surface area (Å²) in [6.07, 6.45) is 6.34. The largest absolute Gasteiger partial charge is 0.338 e. The first-order valence-corrected chi connectivity index (χ1v) is 9.46. The Hall–Kier alpha value is -0.810. The number of carbonyl (C=O) groups is 1. The molecule has 1 saturated carbocycles. The van der Waals surface area contributed by atoms with Gasteiger partial charge in [0.2, 0.25) is 0 Å². The Morgan fingerprint density at radius 1 is 1.17 bits per heavy atom. The highest BCUT2D eigenvalue weighted by Crippen LogP contribution is 2.28. The van der Waals surface area contributed by atoms with Crippen LogP contribution in [0.1, 0.15) is 39.0 Å². The van der Waals surface area contributed by atoms with Crippen molar-refractivity contribution in [2.75, 3.05) is 59.9 Å². The fraction of sp³-hybridized carbons (Fsp3) is 0.944. The summed E-state index contributed by atoms with van der Waals surface area (Å²) in [5.41, 5.74) is 0. The molecule has 5 heteroatoms. The topological polar surface area (TPSA) is 38.8 Å². The first-order valence-electron chi connectivity index (χ1n) is 9.46. The molecular weight excluding hydrogens is 288 g/mol. The average molecular weight is 325 g/mol. The van der Waals surface area contributed by atoms with E-state index in [0.717, 1.165) is 58.2 Å². The van der Waals surface area contributed by atoms with E-state index in [1.807, 2.05) is 11.9 Å². The lowest BCUT2D eigenvalue weighted by Gasteiger charge is -2.32. The summed E-state index contributed by atoms with van der Waals surface area (Å²) in [6, 6.07) is 0.0983. The molecule has 134 valence electrons. The fourth-order valence-corrected chi connectivity index (χ4v) is 3.75. The van der Waals surface area contributed by atoms with E-state index in [2.05, 4.69) is 29.1 Å². The molecular formula is C18H36N4O. The van der Waals surface area contributed by atoms with E-state index in [9.17, 15) is 4.79 Å². The van der Waals surface area contributed by atoms with E-state index >= 15 is 0 Å². The number of hydrogen-bond donors (Lipinski definition) is 1. The number of likely N-dealkylation sites (N-methyl/N-ethyl adjacent to an activating group) is 1. The van der Waals surface area contributed by atoms with E-state index in [1.165, 1.54) is 25.7 Å². The highest BCUT2D eigenvalue weighted by atomic mass is 16.2. The zero-order chi connectivity index (χ0) is 16.7. The Morgan fingerprint density at radius 2 is 1.87 bits per heavy atom. The molecule has 0 aromatic heterocycles. The maximum absolute atomic E-state index is 12.2. The summed E-state index contributed by atoms with van der Waals surface area (Å²) in [5, 5.41) is 3.14. The van der Waals surface area contributed by atoms with Crippen LogP contribution in [0.3, 0.4) is 0 Å². The predicted octanol–water partition coefficient (Wildman–Crippen LogP) is 2.09. The zero-order valence-corrected chi connectivity index (χ0v) is 15.4. The third-order valence-electron chi connectivity index (χ3n) is 5.72. The highest BCUT2D eigenvalue weighted by Gasteiger charge is 2.22. The van der Waals surface area contributed by atoms with Crippen molar-refractivity contribution in [3.8, 4) is 0 Å². The van der Waals surface area contributed by atoms with Gasteiger partial charge in [-0.05, 0) is 38.3 Å². The maximum Gasteiger partial charge on any atom is 0.317 e. The van der Waals surface area contributed by atoms with E-state index in [4.69, 9.17) is 0 Å². The third-order valence-corrected chi connectivity index (χ3v) is 5.72. The van der Waals surface area contributed by atoms with Crippen molar-refractivity contribution in [1.29, 1.82) is 0 Å². The summed E-state index contributed by atoms with van der Waals surface area (Å²) < 4.78 is 0. The average Bonchev–Trinajstić information content (AvgIpc) is 2.55. The summed E-state index contributed by atoms with van der Waals surface area (Å²) in [7, 11) is 4.10.